The van der Waals surface area contributed by atoms with Crippen molar-refractivity contribution in [2.45, 2.75) is 26.2 Å². The summed E-state index contributed by atoms with van der Waals surface area (Å²) in [6.07, 6.45) is 4.66. The third-order valence-corrected chi connectivity index (χ3v) is 3.92. The molecule has 19 heavy (non-hydrogen) atoms. The van der Waals surface area contributed by atoms with E-state index < -0.39 is 0 Å². The summed E-state index contributed by atoms with van der Waals surface area (Å²) in [7, 11) is 0. The molecule has 1 aliphatic rings. The summed E-state index contributed by atoms with van der Waals surface area (Å²) in [4.78, 5) is 10.8. The predicted octanol–water partition coefficient (Wildman–Crippen LogP) is 3.78. The van der Waals surface area contributed by atoms with Gasteiger partial charge in [-0.1, -0.05) is 36.7 Å². The van der Waals surface area contributed by atoms with Gasteiger partial charge in [-0.3, -0.25) is 0 Å². The van der Waals surface area contributed by atoms with Crippen LogP contribution in [0.25, 0.3) is 0 Å². The van der Waals surface area contributed by atoms with Crippen LogP contribution in [-0.2, 0) is 12.8 Å². The van der Waals surface area contributed by atoms with E-state index in [4.69, 9.17) is 11.6 Å². The van der Waals surface area contributed by atoms with Gasteiger partial charge in [0.05, 0.1) is 0 Å². The largest absolute Gasteiger partial charge is 0.326 e. The Hall–Kier alpha value is -1.61. The molecule has 4 heteroatoms. The number of nitrogens with zero attached hydrogens (tertiary/aromatic N) is 3. The summed E-state index contributed by atoms with van der Waals surface area (Å²) in [6, 6.07) is 8.52. The van der Waals surface area contributed by atoms with Crippen molar-refractivity contribution in [3.63, 3.8) is 0 Å². The molecule has 1 aliphatic heterocycles. The van der Waals surface area contributed by atoms with Crippen LogP contribution >= 0.6 is 11.6 Å². The van der Waals surface area contributed by atoms with Crippen LogP contribution in [0.15, 0.2) is 30.6 Å². The quantitative estimate of drug-likeness (QED) is 0.780. The fourth-order valence-corrected chi connectivity index (χ4v) is 2.93. The number of para-hydroxylation sites is 1. The first kappa shape index (κ1) is 12.4. The average molecular weight is 274 g/mol. The maximum atomic E-state index is 6.20. The molecule has 0 spiro atoms. The molecule has 0 radical (unpaired) electrons. The molecule has 0 unspecified atom stereocenters. The fraction of sp³-hybridized carbons (Fsp3) is 0.333. The zero-order valence-electron chi connectivity index (χ0n) is 10.9. The van der Waals surface area contributed by atoms with Gasteiger partial charge < -0.3 is 4.90 Å². The van der Waals surface area contributed by atoms with E-state index in [1.807, 2.05) is 0 Å². The van der Waals surface area contributed by atoms with Gasteiger partial charge in [0, 0.05) is 17.8 Å². The van der Waals surface area contributed by atoms with Gasteiger partial charge in [0.1, 0.15) is 17.3 Å². The molecule has 0 aliphatic carbocycles. The van der Waals surface area contributed by atoms with Crippen LogP contribution in [0.2, 0.25) is 5.15 Å². The van der Waals surface area contributed by atoms with Crippen molar-refractivity contribution < 1.29 is 0 Å². The summed E-state index contributed by atoms with van der Waals surface area (Å²) in [5.41, 5.74) is 3.66. The molecule has 0 bridgehead atoms. The highest BCUT2D eigenvalue weighted by atomic mass is 35.5. The first-order valence-corrected chi connectivity index (χ1v) is 7.04. The van der Waals surface area contributed by atoms with Crippen molar-refractivity contribution in [1.29, 1.82) is 0 Å². The zero-order valence-corrected chi connectivity index (χ0v) is 11.7. The Morgan fingerprint density at radius 2 is 2.11 bits per heavy atom. The smallest absolute Gasteiger partial charge is 0.141 e. The zero-order chi connectivity index (χ0) is 13.2. The van der Waals surface area contributed by atoms with Crippen LogP contribution < -0.4 is 4.90 Å². The molecule has 3 rings (SSSR count). The van der Waals surface area contributed by atoms with Crippen molar-refractivity contribution in [2.24, 2.45) is 0 Å². The van der Waals surface area contributed by atoms with Gasteiger partial charge in [-0.15, -0.1) is 0 Å². The third kappa shape index (κ3) is 2.19. The van der Waals surface area contributed by atoms with E-state index in [0.717, 1.165) is 37.2 Å². The number of benzene rings is 1. The van der Waals surface area contributed by atoms with Crippen LogP contribution in [0.4, 0.5) is 11.5 Å². The minimum atomic E-state index is 0.565. The lowest BCUT2D eigenvalue weighted by Crippen LogP contribution is -2.26. The standard InChI is InChI=1S/C15H16ClN3/c1-2-12-14(16)17-10-18-15(12)19-9-5-7-11-6-3-4-8-13(11)19/h3-4,6,8,10H,2,5,7,9H2,1H3. The first-order valence-electron chi connectivity index (χ1n) is 6.66. The summed E-state index contributed by atoms with van der Waals surface area (Å²) >= 11 is 6.20. The molecule has 1 aromatic heterocycles. The second kappa shape index (κ2) is 5.17. The van der Waals surface area contributed by atoms with Gasteiger partial charge in [0.25, 0.3) is 0 Å². The molecule has 98 valence electrons. The maximum absolute atomic E-state index is 6.20. The van der Waals surface area contributed by atoms with Gasteiger partial charge in [0.2, 0.25) is 0 Å². The Kier molecular flexibility index (Phi) is 3.38. The topological polar surface area (TPSA) is 29.0 Å². The van der Waals surface area contributed by atoms with Crippen LogP contribution in [0.5, 0.6) is 0 Å². The Bertz CT molecular complexity index is 598. The molecule has 0 saturated heterocycles. The van der Waals surface area contributed by atoms with Crippen LogP contribution in [0, 0.1) is 0 Å². The molecule has 3 nitrogen and oxygen atoms in total. The lowest BCUT2D eigenvalue weighted by molar-refractivity contribution is 0.754. The molecule has 0 fully saturated rings. The van der Waals surface area contributed by atoms with Crippen molar-refractivity contribution in [2.75, 3.05) is 11.4 Å². The minimum Gasteiger partial charge on any atom is -0.326 e. The number of aromatic nitrogens is 2. The Morgan fingerprint density at radius 3 is 2.95 bits per heavy atom. The fourth-order valence-electron chi connectivity index (χ4n) is 2.67. The normalized spacial score (nSPS) is 14.3. The summed E-state index contributed by atoms with van der Waals surface area (Å²) < 4.78 is 0. The highest BCUT2D eigenvalue weighted by Crippen LogP contribution is 2.35. The van der Waals surface area contributed by atoms with Crippen molar-refractivity contribution >= 4 is 23.1 Å². The second-order valence-electron chi connectivity index (χ2n) is 4.70. The van der Waals surface area contributed by atoms with Gasteiger partial charge in [0.15, 0.2) is 0 Å². The number of fused-ring (bicyclic) bond motifs is 1. The second-order valence-corrected chi connectivity index (χ2v) is 5.06. The van der Waals surface area contributed by atoms with Crippen LogP contribution in [0.3, 0.4) is 0 Å². The van der Waals surface area contributed by atoms with E-state index in [1.54, 1.807) is 6.33 Å². The Balaban J connectivity index is 2.12. The lowest BCUT2D eigenvalue weighted by atomic mass is 10.0. The van der Waals surface area contributed by atoms with E-state index in [2.05, 4.69) is 46.1 Å². The van der Waals surface area contributed by atoms with Crippen LogP contribution in [-0.4, -0.2) is 16.5 Å². The third-order valence-electron chi connectivity index (χ3n) is 3.59. The van der Waals surface area contributed by atoms with Crippen LogP contribution in [0.1, 0.15) is 24.5 Å². The van der Waals surface area contributed by atoms with Gasteiger partial charge in [-0.2, -0.15) is 0 Å². The summed E-state index contributed by atoms with van der Waals surface area (Å²) in [6.45, 7) is 3.07. The molecule has 0 saturated carbocycles. The van der Waals surface area contributed by atoms with E-state index in [-0.39, 0.29) is 0 Å². The first-order chi connectivity index (χ1) is 9.31. The highest BCUT2D eigenvalue weighted by molar-refractivity contribution is 6.30. The number of halogens is 1. The molecular weight excluding hydrogens is 258 g/mol. The van der Waals surface area contributed by atoms with Crippen molar-refractivity contribution in [1.82, 2.24) is 9.97 Å². The SMILES string of the molecule is CCc1c(Cl)ncnc1N1CCCc2ccccc21. The van der Waals surface area contributed by atoms with Gasteiger partial charge in [-0.05, 0) is 30.9 Å². The molecule has 0 N–H and O–H groups in total. The number of anilines is 2. The number of rotatable bonds is 2. The van der Waals surface area contributed by atoms with Crippen molar-refractivity contribution in [3.05, 3.63) is 46.9 Å². The summed E-state index contributed by atoms with van der Waals surface area (Å²) in [5.74, 6) is 0.953. The number of hydrogen-bond donors (Lipinski definition) is 0. The number of aryl methyl sites for hydroxylation is 1. The maximum Gasteiger partial charge on any atom is 0.141 e. The molecule has 1 aromatic carbocycles. The summed E-state index contributed by atoms with van der Waals surface area (Å²) in [5, 5.41) is 0.565. The van der Waals surface area contributed by atoms with E-state index in [1.165, 1.54) is 11.3 Å². The monoisotopic (exact) mass is 273 g/mol. The predicted molar refractivity (Wildman–Crippen MR) is 78.2 cm³/mol. The van der Waals surface area contributed by atoms with E-state index >= 15 is 0 Å². The van der Waals surface area contributed by atoms with Crippen molar-refractivity contribution in [3.8, 4) is 0 Å². The number of hydrogen-bond acceptors (Lipinski definition) is 3. The minimum absolute atomic E-state index is 0.565. The molecule has 0 amide bonds. The lowest BCUT2D eigenvalue weighted by Gasteiger charge is -2.31. The molecule has 2 aromatic rings. The average Bonchev–Trinajstić information content (AvgIpc) is 2.46. The highest BCUT2D eigenvalue weighted by Gasteiger charge is 2.21. The molecule has 0 atom stereocenters. The Labute approximate surface area is 118 Å². The van der Waals surface area contributed by atoms with Gasteiger partial charge in [-0.25, -0.2) is 9.97 Å². The molecule has 2 heterocycles. The van der Waals surface area contributed by atoms with E-state index in [0.29, 0.717) is 5.15 Å². The van der Waals surface area contributed by atoms with Gasteiger partial charge >= 0.3 is 0 Å². The van der Waals surface area contributed by atoms with E-state index in [9.17, 15) is 0 Å². The molecular formula is C15H16ClN3. The Morgan fingerprint density at radius 1 is 1.26 bits per heavy atom.